The van der Waals surface area contributed by atoms with Crippen molar-refractivity contribution in [1.29, 1.82) is 0 Å². The predicted molar refractivity (Wildman–Crippen MR) is 79.1 cm³/mol. The Bertz CT molecular complexity index is 475. The highest BCUT2D eigenvalue weighted by Gasteiger charge is 2.27. The maximum absolute atomic E-state index is 14.1. The summed E-state index contributed by atoms with van der Waals surface area (Å²) in [5.74, 6) is -0.860. The molecule has 1 fully saturated rings. The number of nitrogens with zero attached hydrogens (tertiary/aromatic N) is 1. The molecule has 1 saturated carbocycles. The van der Waals surface area contributed by atoms with Crippen molar-refractivity contribution < 1.29 is 14.3 Å². The minimum atomic E-state index is -0.531. The Morgan fingerprint density at radius 3 is 2.70 bits per heavy atom. The van der Waals surface area contributed by atoms with Crippen molar-refractivity contribution in [3.63, 3.8) is 0 Å². The van der Waals surface area contributed by atoms with Crippen LogP contribution in [0.1, 0.15) is 42.5 Å². The first-order valence-electron chi connectivity index (χ1n) is 7.01. The number of amides is 1. The third-order valence-electron chi connectivity index (χ3n) is 3.80. The van der Waals surface area contributed by atoms with Crippen LogP contribution in [-0.4, -0.2) is 35.1 Å². The molecule has 0 atom stereocenters. The predicted octanol–water partition coefficient (Wildman–Crippen LogP) is 3.36. The minimum absolute atomic E-state index is 0.0680. The van der Waals surface area contributed by atoms with Crippen LogP contribution in [0.15, 0.2) is 22.7 Å². The number of hydrogen-bond donors (Lipinski definition) is 1. The second kappa shape index (κ2) is 7.18. The van der Waals surface area contributed by atoms with Gasteiger partial charge in [0.05, 0.1) is 16.6 Å². The Balaban J connectivity index is 2.23. The Morgan fingerprint density at radius 1 is 1.35 bits per heavy atom. The van der Waals surface area contributed by atoms with Crippen LogP contribution in [0.25, 0.3) is 0 Å². The smallest absolute Gasteiger partial charge is 0.257 e. The summed E-state index contributed by atoms with van der Waals surface area (Å²) in [7, 11) is 0. The van der Waals surface area contributed by atoms with E-state index in [1.54, 1.807) is 17.0 Å². The van der Waals surface area contributed by atoms with E-state index in [2.05, 4.69) is 15.9 Å². The van der Waals surface area contributed by atoms with Crippen LogP contribution >= 0.6 is 15.9 Å². The van der Waals surface area contributed by atoms with Gasteiger partial charge in [-0.15, -0.1) is 0 Å². The molecule has 0 radical (unpaired) electrons. The zero-order chi connectivity index (χ0) is 14.5. The van der Waals surface area contributed by atoms with Crippen LogP contribution in [0.3, 0.4) is 0 Å². The van der Waals surface area contributed by atoms with E-state index >= 15 is 0 Å². The van der Waals surface area contributed by atoms with Gasteiger partial charge in [0.25, 0.3) is 5.91 Å². The van der Waals surface area contributed by atoms with Gasteiger partial charge in [-0.2, -0.15) is 0 Å². The molecule has 3 nitrogen and oxygen atoms in total. The molecule has 0 spiro atoms. The van der Waals surface area contributed by atoms with E-state index in [1.807, 2.05) is 0 Å². The standard InChI is InChI=1S/C15H19BrFNO2/c16-13-8-4-7-12(14(13)17)15(20)18(9-10-19)11-5-2-1-3-6-11/h4,7-8,11,19H,1-3,5-6,9-10H2. The SMILES string of the molecule is O=C(c1cccc(Br)c1F)N(CCO)C1CCCCC1. The molecule has 20 heavy (non-hydrogen) atoms. The van der Waals surface area contributed by atoms with Gasteiger partial charge < -0.3 is 10.0 Å². The van der Waals surface area contributed by atoms with Gasteiger partial charge in [0.2, 0.25) is 0 Å². The zero-order valence-electron chi connectivity index (χ0n) is 11.3. The molecule has 1 aliphatic carbocycles. The van der Waals surface area contributed by atoms with Crippen LogP contribution in [0.4, 0.5) is 4.39 Å². The number of halogens is 2. The molecule has 0 heterocycles. The molecule has 0 aliphatic heterocycles. The molecule has 1 amide bonds. The average Bonchev–Trinajstić information content (AvgIpc) is 2.48. The van der Waals surface area contributed by atoms with Gasteiger partial charge in [-0.05, 0) is 40.9 Å². The topological polar surface area (TPSA) is 40.5 Å². The monoisotopic (exact) mass is 343 g/mol. The molecule has 1 aromatic rings. The molecule has 5 heteroatoms. The highest BCUT2D eigenvalue weighted by atomic mass is 79.9. The molecule has 1 aromatic carbocycles. The van der Waals surface area contributed by atoms with Crippen LogP contribution < -0.4 is 0 Å². The van der Waals surface area contributed by atoms with Crippen molar-refractivity contribution in [2.24, 2.45) is 0 Å². The molecule has 2 rings (SSSR count). The minimum Gasteiger partial charge on any atom is -0.395 e. The van der Waals surface area contributed by atoms with E-state index in [0.29, 0.717) is 0 Å². The number of benzene rings is 1. The summed E-state index contributed by atoms with van der Waals surface area (Å²) in [4.78, 5) is 14.2. The zero-order valence-corrected chi connectivity index (χ0v) is 12.9. The quantitative estimate of drug-likeness (QED) is 0.910. The summed E-state index contributed by atoms with van der Waals surface area (Å²) in [5, 5.41) is 9.19. The van der Waals surface area contributed by atoms with E-state index in [9.17, 15) is 14.3 Å². The first kappa shape index (κ1) is 15.4. The van der Waals surface area contributed by atoms with E-state index in [0.717, 1.165) is 25.7 Å². The second-order valence-electron chi connectivity index (χ2n) is 5.12. The first-order valence-corrected chi connectivity index (χ1v) is 7.80. The molecule has 0 saturated heterocycles. The Labute approximate surface area is 126 Å². The maximum atomic E-state index is 14.1. The number of carbonyl (C=O) groups excluding carboxylic acids is 1. The summed E-state index contributed by atoms with van der Waals surface area (Å²) in [5.41, 5.74) is 0.0680. The molecular formula is C15H19BrFNO2. The number of carbonyl (C=O) groups is 1. The first-order chi connectivity index (χ1) is 9.65. The summed E-state index contributed by atoms with van der Waals surface area (Å²) in [6.07, 6.45) is 5.22. The molecule has 110 valence electrons. The van der Waals surface area contributed by atoms with Gasteiger partial charge in [0, 0.05) is 12.6 Å². The van der Waals surface area contributed by atoms with E-state index < -0.39 is 5.82 Å². The van der Waals surface area contributed by atoms with Gasteiger partial charge in [-0.1, -0.05) is 25.3 Å². The highest BCUT2D eigenvalue weighted by Crippen LogP contribution is 2.26. The normalized spacial score (nSPS) is 16.1. The lowest BCUT2D eigenvalue weighted by Crippen LogP contribution is -2.43. The van der Waals surface area contributed by atoms with E-state index in [4.69, 9.17) is 0 Å². The number of hydrogen-bond acceptors (Lipinski definition) is 2. The molecule has 0 unspecified atom stereocenters. The molecule has 1 aliphatic rings. The lowest BCUT2D eigenvalue weighted by Gasteiger charge is -2.34. The van der Waals surface area contributed by atoms with Crippen molar-refractivity contribution in [2.75, 3.05) is 13.2 Å². The third kappa shape index (κ3) is 3.38. The largest absolute Gasteiger partial charge is 0.395 e. The van der Waals surface area contributed by atoms with Crippen LogP contribution in [0, 0.1) is 5.82 Å². The Kier molecular flexibility index (Phi) is 5.54. The highest BCUT2D eigenvalue weighted by molar-refractivity contribution is 9.10. The summed E-state index contributed by atoms with van der Waals surface area (Å²) < 4.78 is 14.4. The fraction of sp³-hybridized carbons (Fsp3) is 0.533. The van der Waals surface area contributed by atoms with Crippen LogP contribution in [0.5, 0.6) is 0 Å². The number of aliphatic hydroxyl groups excluding tert-OH is 1. The van der Waals surface area contributed by atoms with Crippen molar-refractivity contribution in [2.45, 2.75) is 38.1 Å². The van der Waals surface area contributed by atoms with Crippen LogP contribution in [0.2, 0.25) is 0 Å². The summed E-state index contributed by atoms with van der Waals surface area (Å²) in [6.45, 7) is 0.160. The average molecular weight is 344 g/mol. The lowest BCUT2D eigenvalue weighted by molar-refractivity contribution is 0.0580. The van der Waals surface area contributed by atoms with Gasteiger partial charge >= 0.3 is 0 Å². The lowest BCUT2D eigenvalue weighted by atomic mass is 9.93. The van der Waals surface area contributed by atoms with Crippen molar-refractivity contribution in [3.05, 3.63) is 34.1 Å². The molecule has 0 aromatic heterocycles. The van der Waals surface area contributed by atoms with Crippen LogP contribution in [-0.2, 0) is 0 Å². The Hall–Kier alpha value is -0.940. The molecule has 0 bridgehead atoms. The molecular weight excluding hydrogens is 325 g/mol. The van der Waals surface area contributed by atoms with Gasteiger partial charge in [0.15, 0.2) is 0 Å². The van der Waals surface area contributed by atoms with Crippen molar-refractivity contribution in [3.8, 4) is 0 Å². The van der Waals surface area contributed by atoms with E-state index in [-0.39, 0.29) is 35.1 Å². The maximum Gasteiger partial charge on any atom is 0.257 e. The van der Waals surface area contributed by atoms with Crippen molar-refractivity contribution >= 4 is 21.8 Å². The van der Waals surface area contributed by atoms with E-state index in [1.165, 1.54) is 12.5 Å². The van der Waals surface area contributed by atoms with Gasteiger partial charge in [-0.25, -0.2) is 4.39 Å². The summed E-state index contributed by atoms with van der Waals surface area (Å²) in [6, 6.07) is 4.83. The third-order valence-corrected chi connectivity index (χ3v) is 4.41. The number of aliphatic hydroxyl groups is 1. The fourth-order valence-electron chi connectivity index (χ4n) is 2.77. The van der Waals surface area contributed by atoms with Gasteiger partial charge in [0.1, 0.15) is 5.82 Å². The molecule has 1 N–H and O–H groups in total. The Morgan fingerprint density at radius 2 is 2.05 bits per heavy atom. The fourth-order valence-corrected chi connectivity index (χ4v) is 3.14. The van der Waals surface area contributed by atoms with Crippen molar-refractivity contribution in [1.82, 2.24) is 4.90 Å². The number of rotatable bonds is 4. The van der Waals surface area contributed by atoms with Gasteiger partial charge in [-0.3, -0.25) is 4.79 Å². The summed E-state index contributed by atoms with van der Waals surface area (Å²) >= 11 is 3.10. The second-order valence-corrected chi connectivity index (χ2v) is 5.97.